The third-order valence-corrected chi connectivity index (χ3v) is 2.97. The standard InChI is InChI=1S/C15H10ClNO/c16-12-6-2-1-5-11(12)9-10-15-17-13-7-3-4-8-14(13)18-15/h1-10H/b10-9+. The average molecular weight is 256 g/mol. The predicted molar refractivity (Wildman–Crippen MR) is 74.4 cm³/mol. The summed E-state index contributed by atoms with van der Waals surface area (Å²) in [6.07, 6.45) is 3.72. The molecular formula is C15H10ClNO. The third-order valence-electron chi connectivity index (χ3n) is 2.62. The summed E-state index contributed by atoms with van der Waals surface area (Å²) in [5, 5.41) is 0.713. The first-order valence-corrected chi connectivity index (χ1v) is 5.99. The summed E-state index contributed by atoms with van der Waals surface area (Å²) in [5.41, 5.74) is 2.59. The van der Waals surface area contributed by atoms with E-state index in [9.17, 15) is 0 Å². The van der Waals surface area contributed by atoms with Crippen LogP contribution in [0, 0.1) is 0 Å². The second-order valence-corrected chi connectivity index (χ2v) is 4.28. The van der Waals surface area contributed by atoms with E-state index < -0.39 is 0 Å². The molecule has 3 rings (SSSR count). The molecule has 0 aliphatic heterocycles. The Morgan fingerprint density at radius 1 is 0.944 bits per heavy atom. The minimum atomic E-state index is 0.580. The molecule has 0 saturated carbocycles. The van der Waals surface area contributed by atoms with Crippen LogP contribution in [0.4, 0.5) is 0 Å². The number of benzene rings is 2. The van der Waals surface area contributed by atoms with Crippen LogP contribution >= 0.6 is 11.6 Å². The van der Waals surface area contributed by atoms with Crippen molar-refractivity contribution in [1.82, 2.24) is 4.98 Å². The van der Waals surface area contributed by atoms with Gasteiger partial charge in [0, 0.05) is 11.1 Å². The van der Waals surface area contributed by atoms with Crippen LogP contribution in [0.15, 0.2) is 52.9 Å². The maximum absolute atomic E-state index is 6.07. The molecule has 3 aromatic rings. The van der Waals surface area contributed by atoms with Gasteiger partial charge in [-0.05, 0) is 29.8 Å². The molecule has 18 heavy (non-hydrogen) atoms. The topological polar surface area (TPSA) is 26.0 Å². The van der Waals surface area contributed by atoms with Crippen LogP contribution in [0.5, 0.6) is 0 Å². The van der Waals surface area contributed by atoms with Gasteiger partial charge in [0.05, 0.1) is 0 Å². The van der Waals surface area contributed by atoms with Crippen molar-refractivity contribution < 1.29 is 4.42 Å². The number of hydrogen-bond acceptors (Lipinski definition) is 2. The highest BCUT2D eigenvalue weighted by atomic mass is 35.5. The van der Waals surface area contributed by atoms with E-state index in [1.165, 1.54) is 0 Å². The van der Waals surface area contributed by atoms with Gasteiger partial charge in [0.2, 0.25) is 5.89 Å². The molecule has 0 aliphatic rings. The Bertz CT molecular complexity index is 682. The zero-order chi connectivity index (χ0) is 12.4. The number of nitrogens with zero attached hydrogens (tertiary/aromatic N) is 1. The second kappa shape index (κ2) is 4.67. The Hall–Kier alpha value is -2.06. The number of fused-ring (bicyclic) bond motifs is 1. The summed E-state index contributed by atoms with van der Waals surface area (Å²) in [4.78, 5) is 4.36. The highest BCUT2D eigenvalue weighted by Gasteiger charge is 2.01. The van der Waals surface area contributed by atoms with E-state index in [1.807, 2.05) is 60.7 Å². The molecule has 1 aromatic heterocycles. The maximum Gasteiger partial charge on any atom is 0.220 e. The van der Waals surface area contributed by atoms with Crippen molar-refractivity contribution in [2.24, 2.45) is 0 Å². The van der Waals surface area contributed by atoms with Crippen molar-refractivity contribution >= 4 is 34.9 Å². The molecule has 0 radical (unpaired) electrons. The van der Waals surface area contributed by atoms with Gasteiger partial charge in [-0.1, -0.05) is 41.9 Å². The van der Waals surface area contributed by atoms with E-state index >= 15 is 0 Å². The van der Waals surface area contributed by atoms with Gasteiger partial charge in [-0.15, -0.1) is 0 Å². The van der Waals surface area contributed by atoms with Gasteiger partial charge >= 0.3 is 0 Å². The molecule has 0 amide bonds. The lowest BCUT2D eigenvalue weighted by atomic mass is 10.2. The number of rotatable bonds is 2. The van der Waals surface area contributed by atoms with Crippen molar-refractivity contribution in [2.45, 2.75) is 0 Å². The summed E-state index contributed by atoms with van der Waals surface area (Å²) in [6, 6.07) is 15.3. The lowest BCUT2D eigenvalue weighted by Gasteiger charge is -1.94. The van der Waals surface area contributed by atoms with Crippen molar-refractivity contribution in [2.75, 3.05) is 0 Å². The minimum absolute atomic E-state index is 0.580. The van der Waals surface area contributed by atoms with Gasteiger partial charge in [0.25, 0.3) is 0 Å². The fourth-order valence-corrected chi connectivity index (χ4v) is 1.93. The van der Waals surface area contributed by atoms with Gasteiger partial charge in [-0.25, -0.2) is 4.98 Å². The normalized spacial score (nSPS) is 11.4. The molecule has 0 fully saturated rings. The number of oxazole rings is 1. The first-order chi connectivity index (χ1) is 8.83. The molecule has 0 atom stereocenters. The summed E-state index contributed by atoms with van der Waals surface area (Å²) in [6.45, 7) is 0. The number of aromatic nitrogens is 1. The van der Waals surface area contributed by atoms with Crippen molar-refractivity contribution in [3.8, 4) is 0 Å². The van der Waals surface area contributed by atoms with E-state index in [2.05, 4.69) is 4.98 Å². The molecule has 0 saturated heterocycles. The number of halogens is 1. The van der Waals surface area contributed by atoms with Gasteiger partial charge < -0.3 is 4.42 Å². The molecular weight excluding hydrogens is 246 g/mol. The zero-order valence-corrected chi connectivity index (χ0v) is 10.3. The van der Waals surface area contributed by atoms with Crippen LogP contribution in [0.2, 0.25) is 5.02 Å². The monoisotopic (exact) mass is 255 g/mol. The predicted octanol–water partition coefficient (Wildman–Crippen LogP) is 4.65. The lowest BCUT2D eigenvalue weighted by molar-refractivity contribution is 0.590. The van der Waals surface area contributed by atoms with Gasteiger partial charge in [0.15, 0.2) is 5.58 Å². The first kappa shape index (κ1) is 11.1. The second-order valence-electron chi connectivity index (χ2n) is 3.87. The smallest absolute Gasteiger partial charge is 0.220 e. The first-order valence-electron chi connectivity index (χ1n) is 5.61. The highest BCUT2D eigenvalue weighted by molar-refractivity contribution is 6.32. The molecule has 0 unspecified atom stereocenters. The van der Waals surface area contributed by atoms with Crippen LogP contribution < -0.4 is 0 Å². The Morgan fingerprint density at radius 2 is 1.72 bits per heavy atom. The maximum atomic E-state index is 6.07. The quantitative estimate of drug-likeness (QED) is 0.666. The van der Waals surface area contributed by atoms with E-state index in [0.29, 0.717) is 10.9 Å². The molecule has 3 heteroatoms. The summed E-state index contributed by atoms with van der Waals surface area (Å²) < 4.78 is 5.59. The van der Waals surface area contributed by atoms with Crippen molar-refractivity contribution in [1.29, 1.82) is 0 Å². The SMILES string of the molecule is Clc1ccccc1/C=C/c1nc2ccccc2o1. The summed E-state index contributed by atoms with van der Waals surface area (Å²) >= 11 is 6.07. The minimum Gasteiger partial charge on any atom is -0.437 e. The van der Waals surface area contributed by atoms with E-state index in [0.717, 1.165) is 16.7 Å². The Balaban J connectivity index is 1.95. The van der Waals surface area contributed by atoms with Crippen molar-refractivity contribution in [3.63, 3.8) is 0 Å². The fraction of sp³-hybridized carbons (Fsp3) is 0. The van der Waals surface area contributed by atoms with Gasteiger partial charge in [-0.3, -0.25) is 0 Å². The molecule has 0 aliphatic carbocycles. The van der Waals surface area contributed by atoms with Crippen LogP contribution in [-0.4, -0.2) is 4.98 Å². The van der Waals surface area contributed by atoms with Crippen LogP contribution in [0.3, 0.4) is 0 Å². The lowest BCUT2D eigenvalue weighted by Crippen LogP contribution is -1.74. The van der Waals surface area contributed by atoms with E-state index in [-0.39, 0.29) is 0 Å². The zero-order valence-electron chi connectivity index (χ0n) is 9.51. The summed E-state index contributed by atoms with van der Waals surface area (Å²) in [5.74, 6) is 0.580. The molecule has 0 bridgehead atoms. The molecule has 2 aromatic carbocycles. The van der Waals surface area contributed by atoms with Crippen molar-refractivity contribution in [3.05, 3.63) is 65.0 Å². The van der Waals surface area contributed by atoms with Crippen LogP contribution in [0.1, 0.15) is 11.5 Å². The summed E-state index contributed by atoms with van der Waals surface area (Å²) in [7, 11) is 0. The molecule has 88 valence electrons. The number of para-hydroxylation sites is 2. The number of hydrogen-bond donors (Lipinski definition) is 0. The average Bonchev–Trinajstić information content (AvgIpc) is 2.80. The Labute approximate surface area is 110 Å². The molecule has 0 spiro atoms. The third kappa shape index (κ3) is 2.15. The molecule has 1 heterocycles. The van der Waals surface area contributed by atoms with Gasteiger partial charge in [-0.2, -0.15) is 0 Å². The van der Waals surface area contributed by atoms with Crippen LogP contribution in [-0.2, 0) is 0 Å². The largest absolute Gasteiger partial charge is 0.437 e. The van der Waals surface area contributed by atoms with E-state index in [1.54, 1.807) is 0 Å². The Kier molecular flexibility index (Phi) is 2.87. The highest BCUT2D eigenvalue weighted by Crippen LogP contribution is 2.19. The van der Waals surface area contributed by atoms with Crippen LogP contribution in [0.25, 0.3) is 23.3 Å². The fourth-order valence-electron chi connectivity index (χ4n) is 1.73. The van der Waals surface area contributed by atoms with Gasteiger partial charge in [0.1, 0.15) is 5.52 Å². The van der Waals surface area contributed by atoms with E-state index in [4.69, 9.17) is 16.0 Å². The molecule has 0 N–H and O–H groups in total. The Morgan fingerprint density at radius 3 is 2.56 bits per heavy atom. The molecule has 2 nitrogen and oxygen atoms in total.